The minimum atomic E-state index is 0. The van der Waals surface area contributed by atoms with Crippen LogP contribution >= 0.6 is 0 Å². The van der Waals surface area contributed by atoms with Gasteiger partial charge in [0.25, 0.3) is 0 Å². The molecule has 0 saturated heterocycles. The summed E-state index contributed by atoms with van der Waals surface area (Å²) >= 11 is 0. The number of rotatable bonds is 0. The van der Waals surface area contributed by atoms with E-state index >= 15 is 0 Å². The van der Waals surface area contributed by atoms with Gasteiger partial charge in [0.15, 0.2) is 0 Å². The van der Waals surface area contributed by atoms with Gasteiger partial charge in [-0.3, -0.25) is 4.70 Å². The molecule has 2 radical (unpaired) electrons. The summed E-state index contributed by atoms with van der Waals surface area (Å²) in [6.45, 7) is 0. The maximum atomic E-state index is 0. The van der Waals surface area contributed by atoms with Crippen LogP contribution in [0.25, 0.3) is 0 Å². The number of hydrogen-bond acceptors (Lipinski definition) is 0. The Bertz CT molecular complexity index is 8.75. The summed E-state index contributed by atoms with van der Waals surface area (Å²) in [5.74, 6) is 0. The second-order valence-electron chi connectivity index (χ2n) is 0. The Hall–Kier alpha value is 0.875. The van der Waals surface area contributed by atoms with Crippen LogP contribution in [0.4, 0.5) is 4.70 Å². The molecule has 0 bridgehead atoms. The molecule has 0 aliphatic rings. The summed E-state index contributed by atoms with van der Waals surface area (Å²) in [4.78, 5) is 0. The molecule has 0 fully saturated rings. The van der Waals surface area contributed by atoms with Gasteiger partial charge >= 0.3 is 34.7 Å². The van der Waals surface area contributed by atoms with Crippen molar-refractivity contribution >= 4 is 0 Å². The molecule has 3 nitrogen and oxygen atoms in total. The van der Waals surface area contributed by atoms with Crippen molar-refractivity contribution in [2.24, 2.45) is 0 Å². The summed E-state index contributed by atoms with van der Waals surface area (Å²) in [7, 11) is 0. The Balaban J connectivity index is 0. The predicted molar refractivity (Wildman–Crippen MR) is 4.56 cm³/mol. The average molecular weight is 172 g/mol. The van der Waals surface area contributed by atoms with Crippen molar-refractivity contribution in [3.05, 3.63) is 0 Å². The van der Waals surface area contributed by atoms with Crippen LogP contribution in [0, 0.1) is 0 Å². The summed E-state index contributed by atoms with van der Waals surface area (Å²) in [6.07, 6.45) is 0. The smallest absolute Gasteiger partial charge is 2.00 e. The largest absolute Gasteiger partial charge is 3.00 e. The topological polar surface area (TPSA) is 85.5 Å². The van der Waals surface area contributed by atoms with E-state index in [1.165, 1.54) is 0 Å². The zero-order chi connectivity index (χ0) is 0. The van der Waals surface area contributed by atoms with Crippen LogP contribution in [0.2, 0.25) is 0 Å². The van der Waals surface area contributed by atoms with Crippen molar-refractivity contribution in [2.45, 2.75) is 0 Å². The molecule has 0 atom stereocenters. The molecule has 38 valence electrons. The van der Waals surface area contributed by atoms with Crippen molar-refractivity contribution in [3.8, 4) is 0 Å². The predicted octanol–water partition coefficient (Wildman–Crippen LogP) is -0.209. The van der Waals surface area contributed by atoms with E-state index in [9.17, 15) is 0 Å². The van der Waals surface area contributed by atoms with Crippen molar-refractivity contribution in [1.82, 2.24) is 0 Å². The number of hydrogen-bond donors (Lipinski definition) is 0. The van der Waals surface area contributed by atoms with Crippen molar-refractivity contribution in [2.75, 3.05) is 0 Å². The maximum absolute atomic E-state index is 0. The van der Waals surface area contributed by atoms with E-state index in [0.717, 1.165) is 0 Å². The third-order valence-corrected chi connectivity index (χ3v) is 0. The molecule has 0 unspecified atom stereocenters. The Morgan fingerprint density at radius 3 is 0.500 bits per heavy atom. The Kier molecular flexibility index (Phi) is 9420. The minimum absolute atomic E-state index is 0. The first-order chi connectivity index (χ1) is 0. The van der Waals surface area contributed by atoms with E-state index in [4.69, 9.17) is 0 Å². The molecular formula is HCr2FO3. The van der Waals surface area contributed by atoms with Gasteiger partial charge in [-0.25, -0.2) is 0 Å². The van der Waals surface area contributed by atoms with E-state index in [1.807, 2.05) is 0 Å². The third-order valence-electron chi connectivity index (χ3n) is 0. The molecule has 0 amide bonds. The zero-order valence-electron chi connectivity index (χ0n) is 2.45. The summed E-state index contributed by atoms with van der Waals surface area (Å²) in [6, 6.07) is 0. The standard InChI is InChI=1S/2Cr.FH.3O/h;;1H;;;/q2*+3;;3*-2. The molecule has 0 aromatic rings. The fraction of sp³-hybridized carbons (Fsp3) is 0. The zero-order valence-corrected chi connectivity index (χ0v) is 5.00. The molecule has 6 heteroatoms. The van der Waals surface area contributed by atoms with Gasteiger partial charge in [0, 0.05) is 0 Å². The SMILES string of the molecule is F.[Cr+3].[Cr+3].[O-2].[O-2].[O-2]. The summed E-state index contributed by atoms with van der Waals surface area (Å²) in [5.41, 5.74) is 0. The molecular weight excluding hydrogens is 171 g/mol. The van der Waals surface area contributed by atoms with Crippen LogP contribution in [-0.2, 0) is 51.2 Å². The fourth-order valence-corrected chi connectivity index (χ4v) is 0. The maximum Gasteiger partial charge on any atom is 3.00 e. The second kappa shape index (κ2) is 182. The molecule has 0 rings (SSSR count). The summed E-state index contributed by atoms with van der Waals surface area (Å²) < 4.78 is 0. The third kappa shape index (κ3) is 95.6. The molecule has 0 spiro atoms. The summed E-state index contributed by atoms with van der Waals surface area (Å²) in [5, 5.41) is 0. The van der Waals surface area contributed by atoms with Crippen LogP contribution in [-0.4, -0.2) is 0 Å². The first-order valence-corrected chi connectivity index (χ1v) is 0. The van der Waals surface area contributed by atoms with E-state index in [-0.39, 0.29) is 55.9 Å². The minimum Gasteiger partial charge on any atom is -2.00 e. The van der Waals surface area contributed by atoms with Gasteiger partial charge in [-0.1, -0.05) is 0 Å². The quantitative estimate of drug-likeness (QED) is 0.484. The van der Waals surface area contributed by atoms with Crippen LogP contribution in [0.15, 0.2) is 0 Å². The van der Waals surface area contributed by atoms with Gasteiger partial charge in [0.05, 0.1) is 0 Å². The van der Waals surface area contributed by atoms with Gasteiger partial charge in [-0.2, -0.15) is 0 Å². The van der Waals surface area contributed by atoms with E-state index in [0.29, 0.717) is 0 Å². The van der Waals surface area contributed by atoms with E-state index < -0.39 is 0 Å². The van der Waals surface area contributed by atoms with Gasteiger partial charge in [-0.05, 0) is 0 Å². The molecule has 0 aliphatic carbocycles. The first kappa shape index (κ1) is 310. The molecule has 6 heavy (non-hydrogen) atoms. The van der Waals surface area contributed by atoms with Crippen molar-refractivity contribution < 1.29 is 55.9 Å². The second-order valence-corrected chi connectivity index (χ2v) is 0. The van der Waals surface area contributed by atoms with Crippen LogP contribution in [0.5, 0.6) is 0 Å². The Labute approximate surface area is 56.3 Å². The average Bonchev–Trinajstić information content (AvgIpc) is 0. The molecule has 0 N–H and O–H groups in total. The fourth-order valence-electron chi connectivity index (χ4n) is 0. The van der Waals surface area contributed by atoms with Crippen LogP contribution in [0.3, 0.4) is 0 Å². The van der Waals surface area contributed by atoms with Crippen LogP contribution in [0.1, 0.15) is 0 Å². The molecule has 0 aromatic carbocycles. The first-order valence-electron chi connectivity index (χ1n) is 0. The monoisotopic (exact) mass is 172 g/mol. The molecule has 0 aliphatic heterocycles. The van der Waals surface area contributed by atoms with Crippen LogP contribution < -0.4 is 0 Å². The van der Waals surface area contributed by atoms with E-state index in [2.05, 4.69) is 0 Å². The van der Waals surface area contributed by atoms with Crippen molar-refractivity contribution in [3.63, 3.8) is 0 Å². The molecule has 0 aromatic heterocycles. The Morgan fingerprint density at radius 2 is 0.500 bits per heavy atom. The van der Waals surface area contributed by atoms with E-state index in [1.54, 1.807) is 0 Å². The Morgan fingerprint density at radius 1 is 0.500 bits per heavy atom. The molecule has 0 saturated carbocycles. The van der Waals surface area contributed by atoms with Gasteiger partial charge in [0.1, 0.15) is 0 Å². The normalized spacial score (nSPS) is 0. The van der Waals surface area contributed by atoms with Crippen molar-refractivity contribution in [1.29, 1.82) is 0 Å². The van der Waals surface area contributed by atoms with Gasteiger partial charge in [0.2, 0.25) is 0 Å². The van der Waals surface area contributed by atoms with Gasteiger partial charge in [-0.15, -0.1) is 0 Å². The molecule has 0 heterocycles. The van der Waals surface area contributed by atoms with Gasteiger partial charge < -0.3 is 16.4 Å². The number of halogens is 1.